The Balaban J connectivity index is 1.86. The van der Waals surface area contributed by atoms with Crippen LogP contribution in [0.2, 0.25) is 0 Å². The normalized spacial score (nSPS) is 10.8. The van der Waals surface area contributed by atoms with Gasteiger partial charge in [0.05, 0.1) is 10.7 Å². The summed E-state index contributed by atoms with van der Waals surface area (Å²) in [5, 5.41) is 11.3. The average molecular weight is 222 g/mol. The number of rotatable bonds is 4. The summed E-state index contributed by atoms with van der Waals surface area (Å²) in [4.78, 5) is 5.70. The predicted molar refractivity (Wildman–Crippen MR) is 60.7 cm³/mol. The molecule has 2 aromatic rings. The van der Waals surface area contributed by atoms with Crippen molar-refractivity contribution >= 4 is 11.3 Å². The lowest BCUT2D eigenvalue weighted by atomic mass is 10.3. The average Bonchev–Trinajstić information content (AvgIpc) is 2.77. The maximum Gasteiger partial charge on any atom is 0.0900 e. The lowest BCUT2D eigenvalue weighted by molar-refractivity contribution is 0.681. The third-order valence-corrected chi connectivity index (χ3v) is 3.23. The van der Waals surface area contributed by atoms with Crippen LogP contribution in [0.4, 0.5) is 0 Å². The van der Waals surface area contributed by atoms with Crippen molar-refractivity contribution in [1.82, 2.24) is 20.5 Å². The van der Waals surface area contributed by atoms with Crippen LogP contribution in [0, 0.1) is 13.8 Å². The summed E-state index contributed by atoms with van der Waals surface area (Å²) in [6.07, 6.45) is 1.76. The molecule has 80 valence electrons. The van der Waals surface area contributed by atoms with E-state index in [1.54, 1.807) is 17.5 Å². The van der Waals surface area contributed by atoms with Crippen LogP contribution < -0.4 is 5.32 Å². The number of thiazole rings is 1. The highest BCUT2D eigenvalue weighted by atomic mass is 32.1. The van der Waals surface area contributed by atoms with E-state index in [9.17, 15) is 0 Å². The van der Waals surface area contributed by atoms with Gasteiger partial charge in [-0.05, 0) is 19.9 Å². The van der Waals surface area contributed by atoms with Gasteiger partial charge >= 0.3 is 0 Å². The van der Waals surface area contributed by atoms with Crippen molar-refractivity contribution < 1.29 is 0 Å². The summed E-state index contributed by atoms with van der Waals surface area (Å²) < 4.78 is 0. The van der Waals surface area contributed by atoms with Gasteiger partial charge in [0, 0.05) is 29.9 Å². The molecule has 0 unspecified atom stereocenters. The van der Waals surface area contributed by atoms with Gasteiger partial charge in [-0.25, -0.2) is 4.98 Å². The van der Waals surface area contributed by atoms with E-state index in [1.165, 1.54) is 4.88 Å². The largest absolute Gasteiger partial charge is 0.306 e. The molecule has 0 aliphatic rings. The van der Waals surface area contributed by atoms with Crippen LogP contribution in [0.25, 0.3) is 0 Å². The first kappa shape index (κ1) is 10.3. The number of aromatic nitrogens is 3. The molecule has 15 heavy (non-hydrogen) atoms. The molecule has 0 aliphatic carbocycles. The summed E-state index contributed by atoms with van der Waals surface area (Å²) in [5.41, 5.74) is 2.24. The van der Waals surface area contributed by atoms with Gasteiger partial charge in [-0.15, -0.1) is 11.3 Å². The molecular weight excluding hydrogens is 208 g/mol. The molecule has 2 heterocycles. The maximum absolute atomic E-state index is 4.39. The molecule has 4 nitrogen and oxygen atoms in total. The molecule has 0 bridgehead atoms. The minimum atomic E-state index is 0.816. The molecule has 0 fully saturated rings. The van der Waals surface area contributed by atoms with Crippen LogP contribution in [0.15, 0.2) is 12.3 Å². The smallest absolute Gasteiger partial charge is 0.0900 e. The molecule has 0 saturated heterocycles. The van der Waals surface area contributed by atoms with E-state index in [1.807, 2.05) is 13.0 Å². The van der Waals surface area contributed by atoms with Crippen LogP contribution >= 0.6 is 11.3 Å². The Bertz CT molecular complexity index is 419. The van der Waals surface area contributed by atoms with Gasteiger partial charge in [0.2, 0.25) is 0 Å². The number of nitrogens with one attached hydrogen (secondary N) is 2. The molecule has 2 N–H and O–H groups in total. The summed E-state index contributed by atoms with van der Waals surface area (Å²) >= 11 is 1.75. The SMILES string of the molecule is Cc1nc(C)c(CNCc2ccn[nH]2)s1. The molecular formula is C10H14N4S. The molecule has 0 saturated carbocycles. The van der Waals surface area contributed by atoms with Gasteiger partial charge in [0.1, 0.15) is 0 Å². The lowest BCUT2D eigenvalue weighted by Gasteiger charge is -2.00. The molecule has 0 spiro atoms. The number of H-pyrrole nitrogens is 1. The molecule has 5 heteroatoms. The molecule has 2 aromatic heterocycles. The molecule has 0 radical (unpaired) electrons. The van der Waals surface area contributed by atoms with Gasteiger partial charge in [0.25, 0.3) is 0 Å². The number of aryl methyl sites for hydroxylation is 2. The first-order valence-corrected chi connectivity index (χ1v) is 5.69. The van der Waals surface area contributed by atoms with Gasteiger partial charge in [0.15, 0.2) is 0 Å². The molecule has 0 amide bonds. The molecule has 2 rings (SSSR count). The number of hydrogen-bond donors (Lipinski definition) is 2. The Kier molecular flexibility index (Phi) is 3.13. The highest BCUT2D eigenvalue weighted by Gasteiger charge is 2.03. The third-order valence-electron chi connectivity index (χ3n) is 2.16. The highest BCUT2D eigenvalue weighted by Crippen LogP contribution is 2.16. The van der Waals surface area contributed by atoms with Gasteiger partial charge < -0.3 is 5.32 Å². The summed E-state index contributed by atoms with van der Waals surface area (Å²) in [5.74, 6) is 0. The first-order valence-electron chi connectivity index (χ1n) is 4.87. The minimum Gasteiger partial charge on any atom is -0.306 e. The summed E-state index contributed by atoms with van der Waals surface area (Å²) in [7, 11) is 0. The van der Waals surface area contributed by atoms with Crippen molar-refractivity contribution in [1.29, 1.82) is 0 Å². The van der Waals surface area contributed by atoms with Crippen LogP contribution in [0.3, 0.4) is 0 Å². The zero-order valence-electron chi connectivity index (χ0n) is 8.87. The number of aromatic amines is 1. The number of hydrogen-bond acceptors (Lipinski definition) is 4. The van der Waals surface area contributed by atoms with Crippen molar-refractivity contribution in [2.24, 2.45) is 0 Å². The fourth-order valence-electron chi connectivity index (χ4n) is 1.43. The van der Waals surface area contributed by atoms with E-state index >= 15 is 0 Å². The topological polar surface area (TPSA) is 53.6 Å². The lowest BCUT2D eigenvalue weighted by Crippen LogP contribution is -2.12. The molecule has 0 aliphatic heterocycles. The predicted octanol–water partition coefficient (Wildman–Crippen LogP) is 1.77. The summed E-state index contributed by atoms with van der Waals surface area (Å²) in [6.45, 7) is 5.78. The zero-order chi connectivity index (χ0) is 10.7. The van der Waals surface area contributed by atoms with Gasteiger partial charge in [-0.1, -0.05) is 0 Å². The fourth-order valence-corrected chi connectivity index (χ4v) is 2.34. The van der Waals surface area contributed by atoms with E-state index in [2.05, 4.69) is 27.4 Å². The van der Waals surface area contributed by atoms with Gasteiger partial charge in [-0.3, -0.25) is 5.10 Å². The van der Waals surface area contributed by atoms with E-state index in [0.29, 0.717) is 0 Å². The van der Waals surface area contributed by atoms with Crippen LogP contribution in [-0.4, -0.2) is 15.2 Å². The fraction of sp³-hybridized carbons (Fsp3) is 0.400. The van der Waals surface area contributed by atoms with Crippen molar-refractivity contribution in [3.63, 3.8) is 0 Å². The maximum atomic E-state index is 4.39. The zero-order valence-corrected chi connectivity index (χ0v) is 9.69. The Labute approximate surface area is 92.8 Å². The second kappa shape index (κ2) is 4.55. The van der Waals surface area contributed by atoms with E-state index < -0.39 is 0 Å². The Morgan fingerprint density at radius 3 is 2.87 bits per heavy atom. The number of nitrogens with zero attached hydrogens (tertiary/aromatic N) is 2. The van der Waals surface area contributed by atoms with Crippen LogP contribution in [0.1, 0.15) is 21.3 Å². The van der Waals surface area contributed by atoms with E-state index in [-0.39, 0.29) is 0 Å². The Hall–Kier alpha value is -1.20. The van der Waals surface area contributed by atoms with E-state index in [4.69, 9.17) is 0 Å². The molecule has 0 atom stereocenters. The Morgan fingerprint density at radius 2 is 2.27 bits per heavy atom. The minimum absolute atomic E-state index is 0.816. The third kappa shape index (κ3) is 2.64. The van der Waals surface area contributed by atoms with Crippen molar-refractivity contribution in [3.05, 3.63) is 33.5 Å². The quantitative estimate of drug-likeness (QED) is 0.829. The van der Waals surface area contributed by atoms with E-state index in [0.717, 1.165) is 29.5 Å². The van der Waals surface area contributed by atoms with Gasteiger partial charge in [-0.2, -0.15) is 5.10 Å². The standard InChI is InChI=1S/C10H14N4S/c1-7-10(15-8(2)13-7)6-11-5-9-3-4-12-14-9/h3-4,11H,5-6H2,1-2H3,(H,12,14). The van der Waals surface area contributed by atoms with Crippen LogP contribution in [0.5, 0.6) is 0 Å². The van der Waals surface area contributed by atoms with Crippen molar-refractivity contribution in [2.75, 3.05) is 0 Å². The second-order valence-electron chi connectivity index (χ2n) is 3.43. The highest BCUT2D eigenvalue weighted by molar-refractivity contribution is 7.11. The molecule has 0 aromatic carbocycles. The van der Waals surface area contributed by atoms with Crippen LogP contribution in [-0.2, 0) is 13.1 Å². The first-order chi connectivity index (χ1) is 7.25. The van der Waals surface area contributed by atoms with Crippen molar-refractivity contribution in [3.8, 4) is 0 Å². The summed E-state index contributed by atoms with van der Waals surface area (Å²) in [6, 6.07) is 1.97. The van der Waals surface area contributed by atoms with Crippen molar-refractivity contribution in [2.45, 2.75) is 26.9 Å². The second-order valence-corrected chi connectivity index (χ2v) is 4.71. The Morgan fingerprint density at radius 1 is 1.40 bits per heavy atom. The monoisotopic (exact) mass is 222 g/mol.